The summed E-state index contributed by atoms with van der Waals surface area (Å²) in [6.07, 6.45) is -4.22. The topological polar surface area (TPSA) is 120 Å². The Hall–Kier alpha value is -3.14. The number of aliphatic hydroxyl groups excluding tert-OH is 2. The molecule has 1 saturated heterocycles. The zero-order valence-electron chi connectivity index (χ0n) is 19.0. The maximum absolute atomic E-state index is 12.4. The lowest BCUT2D eigenvalue weighted by Crippen LogP contribution is -2.40. The molecule has 9 heteroatoms. The van der Waals surface area contributed by atoms with Crippen molar-refractivity contribution in [2.75, 3.05) is 32.6 Å². The summed E-state index contributed by atoms with van der Waals surface area (Å²) in [6.45, 7) is 0.330. The number of benzene rings is 2. The molecule has 2 aromatic carbocycles. The summed E-state index contributed by atoms with van der Waals surface area (Å²) in [7, 11) is 5.41. The summed E-state index contributed by atoms with van der Waals surface area (Å²) in [5, 5.41) is 26.1. The van der Waals surface area contributed by atoms with Gasteiger partial charge in [0.25, 0.3) is 5.91 Å². The molecule has 4 atom stereocenters. The van der Waals surface area contributed by atoms with Crippen LogP contribution in [0.15, 0.2) is 48.5 Å². The van der Waals surface area contributed by atoms with Crippen LogP contribution in [0.4, 0.5) is 5.69 Å². The Labute approximate surface area is 193 Å². The minimum absolute atomic E-state index is 0.0104. The fourth-order valence-electron chi connectivity index (χ4n) is 3.57. The van der Waals surface area contributed by atoms with Crippen molar-refractivity contribution < 1.29 is 29.3 Å². The maximum atomic E-state index is 12.4. The minimum atomic E-state index is -1.22. The molecule has 0 radical (unpaired) electrons. The smallest absolute Gasteiger partial charge is 0.251 e. The number of carbonyl (C=O) groups excluding carboxylic acids is 2. The highest BCUT2D eigenvalue weighted by molar-refractivity contribution is 5.94. The Morgan fingerprint density at radius 2 is 1.61 bits per heavy atom. The number of rotatable bonds is 9. The fraction of sp³-hybridized carbons (Fsp3) is 0.417. The molecule has 0 aromatic heterocycles. The Morgan fingerprint density at radius 3 is 2.21 bits per heavy atom. The highest BCUT2D eigenvalue weighted by Crippen LogP contribution is 2.23. The predicted octanol–water partition coefficient (Wildman–Crippen LogP) is 0.687. The summed E-state index contributed by atoms with van der Waals surface area (Å²) in [6, 6.07) is 14.4. The highest BCUT2D eigenvalue weighted by atomic mass is 16.5. The van der Waals surface area contributed by atoms with Gasteiger partial charge in [0, 0.05) is 38.4 Å². The first kappa shape index (κ1) is 24.5. The molecule has 9 nitrogen and oxygen atoms in total. The van der Waals surface area contributed by atoms with Gasteiger partial charge in [0.1, 0.15) is 24.1 Å². The van der Waals surface area contributed by atoms with E-state index in [0.29, 0.717) is 12.1 Å². The third-order valence-corrected chi connectivity index (χ3v) is 5.61. The molecule has 1 aliphatic rings. The van der Waals surface area contributed by atoms with Crippen LogP contribution in [-0.2, 0) is 16.1 Å². The van der Waals surface area contributed by atoms with Gasteiger partial charge in [-0.1, -0.05) is 12.1 Å². The van der Waals surface area contributed by atoms with Crippen molar-refractivity contribution in [3.8, 4) is 5.75 Å². The average Bonchev–Trinajstić information content (AvgIpc) is 3.09. The molecule has 2 amide bonds. The van der Waals surface area contributed by atoms with E-state index in [1.54, 1.807) is 31.4 Å². The van der Waals surface area contributed by atoms with Gasteiger partial charge in [-0.05, 0) is 42.0 Å². The molecule has 0 saturated carbocycles. The van der Waals surface area contributed by atoms with E-state index in [-0.39, 0.29) is 24.8 Å². The molecule has 0 aliphatic carbocycles. The van der Waals surface area contributed by atoms with E-state index >= 15 is 0 Å². The molecular formula is C24H31N3O6. The second-order valence-corrected chi connectivity index (χ2v) is 8.17. The van der Waals surface area contributed by atoms with E-state index in [4.69, 9.17) is 9.47 Å². The van der Waals surface area contributed by atoms with Gasteiger partial charge in [-0.15, -0.1) is 0 Å². The van der Waals surface area contributed by atoms with Crippen molar-refractivity contribution in [1.29, 1.82) is 0 Å². The van der Waals surface area contributed by atoms with Crippen LogP contribution in [0.5, 0.6) is 5.75 Å². The number of hydrogen-bond donors (Lipinski definition) is 4. The van der Waals surface area contributed by atoms with E-state index in [1.165, 1.54) is 0 Å². The van der Waals surface area contributed by atoms with E-state index in [2.05, 4.69) is 10.6 Å². The highest BCUT2D eigenvalue weighted by Gasteiger charge is 2.43. The van der Waals surface area contributed by atoms with Gasteiger partial charge in [0.2, 0.25) is 5.91 Å². The van der Waals surface area contributed by atoms with Gasteiger partial charge in [-0.25, -0.2) is 0 Å². The van der Waals surface area contributed by atoms with Gasteiger partial charge in [-0.3, -0.25) is 9.59 Å². The molecule has 1 heterocycles. The lowest BCUT2D eigenvalue weighted by molar-refractivity contribution is -0.125. The molecule has 33 heavy (non-hydrogen) atoms. The number of aliphatic hydroxyl groups is 2. The van der Waals surface area contributed by atoms with Crippen LogP contribution in [0, 0.1) is 0 Å². The van der Waals surface area contributed by atoms with E-state index in [1.807, 2.05) is 43.3 Å². The van der Waals surface area contributed by atoms with Crippen LogP contribution in [0.25, 0.3) is 0 Å². The second-order valence-electron chi connectivity index (χ2n) is 8.17. The fourth-order valence-corrected chi connectivity index (χ4v) is 3.57. The Balaban J connectivity index is 1.46. The average molecular weight is 458 g/mol. The van der Waals surface area contributed by atoms with Crippen molar-refractivity contribution in [3.05, 3.63) is 59.7 Å². The monoisotopic (exact) mass is 457 g/mol. The predicted molar refractivity (Wildman–Crippen MR) is 123 cm³/mol. The van der Waals surface area contributed by atoms with Crippen molar-refractivity contribution in [1.82, 2.24) is 10.6 Å². The second kappa shape index (κ2) is 11.1. The van der Waals surface area contributed by atoms with Crippen LogP contribution in [0.1, 0.15) is 22.3 Å². The van der Waals surface area contributed by atoms with Crippen molar-refractivity contribution >= 4 is 17.5 Å². The first-order chi connectivity index (χ1) is 15.8. The van der Waals surface area contributed by atoms with Gasteiger partial charge >= 0.3 is 0 Å². The minimum Gasteiger partial charge on any atom is -0.497 e. The number of methoxy groups -OCH3 is 1. The third-order valence-electron chi connectivity index (χ3n) is 5.61. The summed E-state index contributed by atoms with van der Waals surface area (Å²) in [4.78, 5) is 26.6. The standard InChI is InChI=1S/C24H31N3O6/c1-27(2)17-8-6-16(7-9-17)24(31)26-14-20-23(30)22(29)19(33-20)12-21(28)25-13-15-4-10-18(32-3)11-5-15/h4-11,19-20,22-23,29-30H,12-14H2,1-3H3,(H,25,28)(H,26,31)/t19-,20+,22-,23+/m0/s1. The molecule has 1 aliphatic heterocycles. The summed E-state index contributed by atoms with van der Waals surface area (Å²) < 4.78 is 10.8. The van der Waals surface area contributed by atoms with Crippen LogP contribution >= 0.6 is 0 Å². The number of hydrogen-bond acceptors (Lipinski definition) is 7. The number of ether oxygens (including phenoxy) is 2. The van der Waals surface area contributed by atoms with Crippen molar-refractivity contribution in [2.24, 2.45) is 0 Å². The molecule has 1 fully saturated rings. The van der Waals surface area contributed by atoms with Crippen LogP contribution in [0.2, 0.25) is 0 Å². The van der Waals surface area contributed by atoms with E-state index in [9.17, 15) is 19.8 Å². The normalized spacial score (nSPS) is 22.0. The number of anilines is 1. The molecular weight excluding hydrogens is 426 g/mol. The zero-order valence-corrected chi connectivity index (χ0v) is 19.0. The SMILES string of the molecule is COc1ccc(CNC(=O)C[C@@H]2O[C@H](CNC(=O)c3ccc(N(C)C)cc3)[C@@H](O)[C@H]2O)cc1. The maximum Gasteiger partial charge on any atom is 0.251 e. The quantitative estimate of drug-likeness (QED) is 0.437. The van der Waals surface area contributed by atoms with Crippen LogP contribution in [0.3, 0.4) is 0 Å². The number of nitrogens with zero attached hydrogens (tertiary/aromatic N) is 1. The van der Waals surface area contributed by atoms with Gasteiger partial charge in [0.05, 0.1) is 19.6 Å². The van der Waals surface area contributed by atoms with Crippen LogP contribution in [-0.4, -0.2) is 74.2 Å². The molecule has 4 N–H and O–H groups in total. The van der Waals surface area contributed by atoms with Crippen molar-refractivity contribution in [3.63, 3.8) is 0 Å². The largest absolute Gasteiger partial charge is 0.497 e. The van der Waals surface area contributed by atoms with Gasteiger partial charge in [0.15, 0.2) is 0 Å². The molecule has 0 bridgehead atoms. The summed E-state index contributed by atoms with van der Waals surface area (Å²) in [5.41, 5.74) is 2.34. The first-order valence-electron chi connectivity index (χ1n) is 10.7. The van der Waals surface area contributed by atoms with E-state index in [0.717, 1.165) is 17.0 Å². The Kier molecular flexibility index (Phi) is 8.26. The van der Waals surface area contributed by atoms with Crippen molar-refractivity contribution in [2.45, 2.75) is 37.4 Å². The molecule has 0 spiro atoms. The zero-order chi connectivity index (χ0) is 24.0. The number of carbonyl (C=O) groups is 2. The third kappa shape index (κ3) is 6.44. The summed E-state index contributed by atoms with van der Waals surface area (Å²) in [5.74, 6) is 0.101. The summed E-state index contributed by atoms with van der Waals surface area (Å²) >= 11 is 0. The van der Waals surface area contributed by atoms with Crippen LogP contribution < -0.4 is 20.3 Å². The number of amides is 2. The lowest BCUT2D eigenvalue weighted by Gasteiger charge is -2.16. The number of nitrogens with one attached hydrogen (secondary N) is 2. The first-order valence-corrected chi connectivity index (χ1v) is 10.7. The van der Waals surface area contributed by atoms with E-state index < -0.39 is 24.4 Å². The molecule has 178 valence electrons. The molecule has 0 unspecified atom stereocenters. The molecule has 2 aromatic rings. The molecule has 3 rings (SSSR count). The Bertz CT molecular complexity index is 932. The Morgan fingerprint density at radius 1 is 0.970 bits per heavy atom. The van der Waals surface area contributed by atoms with Gasteiger partial charge < -0.3 is 35.2 Å². The lowest BCUT2D eigenvalue weighted by atomic mass is 10.1. The van der Waals surface area contributed by atoms with Gasteiger partial charge in [-0.2, -0.15) is 0 Å².